The van der Waals surface area contributed by atoms with Crippen molar-refractivity contribution < 1.29 is 0 Å². The molecule has 19 heavy (non-hydrogen) atoms. The molecule has 3 atom stereocenters. The molecule has 1 aromatic rings. The van der Waals surface area contributed by atoms with Gasteiger partial charge in [-0.15, -0.1) is 0 Å². The molecule has 2 rings (SSSR count). The van der Waals surface area contributed by atoms with Crippen LogP contribution in [0.15, 0.2) is 18.6 Å². The predicted octanol–water partition coefficient (Wildman–Crippen LogP) is 2.38. The number of hydrogen-bond acceptors (Lipinski definition) is 4. The molecule has 0 amide bonds. The second kappa shape index (κ2) is 6.96. The summed E-state index contributed by atoms with van der Waals surface area (Å²) in [5.74, 6) is 0.632. The average Bonchev–Trinajstić information content (AvgIpc) is 2.49. The summed E-state index contributed by atoms with van der Waals surface area (Å²) in [6, 6.07) is 0.914. The molecule has 1 saturated carbocycles. The van der Waals surface area contributed by atoms with Gasteiger partial charge in [0, 0.05) is 24.6 Å². The summed E-state index contributed by atoms with van der Waals surface area (Å²) < 4.78 is 0. The molecule has 1 fully saturated rings. The maximum absolute atomic E-state index is 5.97. The van der Waals surface area contributed by atoms with Crippen molar-refractivity contribution in [1.29, 1.82) is 0 Å². The third-order valence-corrected chi connectivity index (χ3v) is 4.47. The number of rotatable bonds is 5. The predicted molar refractivity (Wildman–Crippen MR) is 77.6 cm³/mol. The molecule has 0 radical (unpaired) electrons. The minimum absolute atomic E-state index is 0.316. The lowest BCUT2D eigenvalue weighted by molar-refractivity contribution is 0.0752. The van der Waals surface area contributed by atoms with Crippen molar-refractivity contribution in [3.8, 4) is 0 Å². The highest BCUT2D eigenvalue weighted by Crippen LogP contribution is 2.32. The van der Waals surface area contributed by atoms with Crippen molar-refractivity contribution in [3.05, 3.63) is 24.3 Å². The summed E-state index contributed by atoms with van der Waals surface area (Å²) in [6.45, 7) is 6.30. The first kappa shape index (κ1) is 14.4. The SMILES string of the molecule is CCN(C(C)c1cnccn1)C1CCCCC1CN. The lowest BCUT2D eigenvalue weighted by atomic mass is 9.83. The Bertz CT molecular complexity index is 368. The van der Waals surface area contributed by atoms with Gasteiger partial charge >= 0.3 is 0 Å². The first-order valence-corrected chi connectivity index (χ1v) is 7.49. The number of nitrogens with zero attached hydrogens (tertiary/aromatic N) is 3. The monoisotopic (exact) mass is 262 g/mol. The summed E-state index contributed by atoms with van der Waals surface area (Å²) in [6.07, 6.45) is 10.6. The standard InChI is InChI=1S/C15H26N4/c1-3-19(12(2)14-11-17-8-9-18-14)15-7-5-4-6-13(15)10-16/h8-9,11-13,15H,3-7,10,16H2,1-2H3. The van der Waals surface area contributed by atoms with Crippen LogP contribution in [0.25, 0.3) is 0 Å². The highest BCUT2D eigenvalue weighted by molar-refractivity contribution is 5.03. The van der Waals surface area contributed by atoms with Crippen LogP contribution in [0.2, 0.25) is 0 Å². The molecule has 2 N–H and O–H groups in total. The van der Waals surface area contributed by atoms with E-state index in [2.05, 4.69) is 28.7 Å². The molecule has 1 aromatic heterocycles. The van der Waals surface area contributed by atoms with Gasteiger partial charge in [0.05, 0.1) is 11.7 Å². The summed E-state index contributed by atoms with van der Waals surface area (Å²) in [5, 5.41) is 0. The minimum atomic E-state index is 0.316. The Kier molecular flexibility index (Phi) is 5.28. The topological polar surface area (TPSA) is 55.0 Å². The van der Waals surface area contributed by atoms with E-state index in [1.54, 1.807) is 12.4 Å². The third kappa shape index (κ3) is 3.31. The first-order valence-electron chi connectivity index (χ1n) is 7.49. The maximum atomic E-state index is 5.97. The molecule has 0 bridgehead atoms. The van der Waals surface area contributed by atoms with E-state index in [0.29, 0.717) is 18.0 Å². The first-order chi connectivity index (χ1) is 9.27. The van der Waals surface area contributed by atoms with Gasteiger partial charge in [-0.1, -0.05) is 19.8 Å². The molecule has 0 saturated heterocycles. The molecule has 1 aliphatic rings. The maximum Gasteiger partial charge on any atom is 0.0755 e. The van der Waals surface area contributed by atoms with E-state index in [9.17, 15) is 0 Å². The van der Waals surface area contributed by atoms with Crippen molar-refractivity contribution >= 4 is 0 Å². The van der Waals surface area contributed by atoms with Gasteiger partial charge in [-0.25, -0.2) is 0 Å². The van der Waals surface area contributed by atoms with E-state index in [1.165, 1.54) is 25.7 Å². The van der Waals surface area contributed by atoms with E-state index in [0.717, 1.165) is 18.8 Å². The van der Waals surface area contributed by atoms with Crippen LogP contribution in [0.3, 0.4) is 0 Å². The summed E-state index contributed by atoms with van der Waals surface area (Å²) in [7, 11) is 0. The summed E-state index contributed by atoms with van der Waals surface area (Å²) >= 11 is 0. The number of nitrogens with two attached hydrogens (primary N) is 1. The lowest BCUT2D eigenvalue weighted by Gasteiger charge is -2.42. The largest absolute Gasteiger partial charge is 0.330 e. The average molecular weight is 262 g/mol. The van der Waals surface area contributed by atoms with Gasteiger partial charge in [0.15, 0.2) is 0 Å². The highest BCUT2D eigenvalue weighted by Gasteiger charge is 2.31. The molecule has 1 heterocycles. The molecule has 106 valence electrons. The molecular formula is C15H26N4. The summed E-state index contributed by atoms with van der Waals surface area (Å²) in [4.78, 5) is 11.2. The molecule has 0 aromatic carbocycles. The Balaban J connectivity index is 2.14. The molecule has 4 nitrogen and oxygen atoms in total. The zero-order valence-corrected chi connectivity index (χ0v) is 12.1. The molecule has 1 aliphatic carbocycles. The fraction of sp³-hybridized carbons (Fsp3) is 0.733. The molecule has 3 unspecified atom stereocenters. The smallest absolute Gasteiger partial charge is 0.0755 e. The Morgan fingerprint density at radius 2 is 2.16 bits per heavy atom. The number of aromatic nitrogens is 2. The Morgan fingerprint density at radius 3 is 2.79 bits per heavy atom. The van der Waals surface area contributed by atoms with Crippen molar-refractivity contribution in [2.24, 2.45) is 11.7 Å². The van der Waals surface area contributed by atoms with Gasteiger partial charge in [0.1, 0.15) is 0 Å². The zero-order chi connectivity index (χ0) is 13.7. The fourth-order valence-corrected chi connectivity index (χ4v) is 3.39. The van der Waals surface area contributed by atoms with Crippen LogP contribution in [-0.4, -0.2) is 34.0 Å². The molecule has 0 aliphatic heterocycles. The Morgan fingerprint density at radius 1 is 1.37 bits per heavy atom. The van der Waals surface area contributed by atoms with Crippen molar-refractivity contribution in [2.75, 3.05) is 13.1 Å². The third-order valence-electron chi connectivity index (χ3n) is 4.47. The van der Waals surface area contributed by atoms with Crippen LogP contribution in [0.4, 0.5) is 0 Å². The lowest BCUT2D eigenvalue weighted by Crippen LogP contribution is -2.46. The van der Waals surface area contributed by atoms with E-state index >= 15 is 0 Å². The molecule has 0 spiro atoms. The van der Waals surface area contributed by atoms with Crippen LogP contribution >= 0.6 is 0 Å². The zero-order valence-electron chi connectivity index (χ0n) is 12.1. The second-order valence-corrected chi connectivity index (χ2v) is 5.48. The quantitative estimate of drug-likeness (QED) is 0.885. The van der Waals surface area contributed by atoms with Crippen LogP contribution in [0.1, 0.15) is 51.3 Å². The van der Waals surface area contributed by atoms with Gasteiger partial charge in [0.2, 0.25) is 0 Å². The second-order valence-electron chi connectivity index (χ2n) is 5.48. The normalized spacial score (nSPS) is 25.5. The van der Waals surface area contributed by atoms with Gasteiger partial charge in [-0.3, -0.25) is 14.9 Å². The van der Waals surface area contributed by atoms with Gasteiger partial charge in [-0.05, 0) is 38.8 Å². The van der Waals surface area contributed by atoms with E-state index in [-0.39, 0.29) is 0 Å². The van der Waals surface area contributed by atoms with Crippen molar-refractivity contribution in [3.63, 3.8) is 0 Å². The van der Waals surface area contributed by atoms with E-state index in [1.807, 2.05) is 6.20 Å². The van der Waals surface area contributed by atoms with Gasteiger partial charge < -0.3 is 5.73 Å². The number of hydrogen-bond donors (Lipinski definition) is 1. The van der Waals surface area contributed by atoms with Crippen molar-refractivity contribution in [1.82, 2.24) is 14.9 Å². The molecular weight excluding hydrogens is 236 g/mol. The van der Waals surface area contributed by atoms with Crippen molar-refractivity contribution in [2.45, 2.75) is 51.6 Å². The van der Waals surface area contributed by atoms with Gasteiger partial charge in [-0.2, -0.15) is 0 Å². The van der Waals surface area contributed by atoms with Gasteiger partial charge in [0.25, 0.3) is 0 Å². The Hall–Kier alpha value is -1.00. The van der Waals surface area contributed by atoms with Crippen LogP contribution in [0.5, 0.6) is 0 Å². The fourth-order valence-electron chi connectivity index (χ4n) is 3.39. The van der Waals surface area contributed by atoms with Crippen LogP contribution < -0.4 is 5.73 Å². The highest BCUT2D eigenvalue weighted by atomic mass is 15.2. The van der Waals surface area contributed by atoms with Crippen LogP contribution in [-0.2, 0) is 0 Å². The minimum Gasteiger partial charge on any atom is -0.330 e. The van der Waals surface area contributed by atoms with E-state index in [4.69, 9.17) is 5.73 Å². The summed E-state index contributed by atoms with van der Waals surface area (Å²) in [5.41, 5.74) is 7.03. The van der Waals surface area contributed by atoms with Crippen LogP contribution in [0, 0.1) is 5.92 Å². The Labute approximate surface area is 116 Å². The molecule has 4 heteroatoms. The van der Waals surface area contributed by atoms with E-state index < -0.39 is 0 Å².